The van der Waals surface area contributed by atoms with E-state index in [1.54, 1.807) is 0 Å². The van der Waals surface area contributed by atoms with E-state index in [2.05, 4.69) is 44.5 Å². The van der Waals surface area contributed by atoms with E-state index >= 15 is 0 Å². The topological polar surface area (TPSA) is 35.5 Å². The van der Waals surface area contributed by atoms with Gasteiger partial charge in [0.2, 0.25) is 0 Å². The molecule has 1 atom stereocenters. The third-order valence-corrected chi connectivity index (χ3v) is 2.72. The van der Waals surface area contributed by atoms with Crippen LogP contribution in [0.15, 0.2) is 12.7 Å². The minimum atomic E-state index is 0.207. The molecule has 0 rings (SSSR count). The highest BCUT2D eigenvalue weighted by molar-refractivity contribution is 4.83. The minimum absolute atomic E-state index is 0.207. The Labute approximate surface area is 101 Å². The summed E-state index contributed by atoms with van der Waals surface area (Å²) in [6.45, 7) is 15.3. The number of aliphatic hydroxyl groups is 1. The molecule has 0 aromatic carbocycles. The fraction of sp³-hybridized carbons (Fsp3) is 0.846. The molecule has 0 bridgehead atoms. The van der Waals surface area contributed by atoms with Crippen molar-refractivity contribution in [2.24, 2.45) is 5.92 Å². The molecule has 3 nitrogen and oxygen atoms in total. The van der Waals surface area contributed by atoms with Crippen molar-refractivity contribution in [3.63, 3.8) is 0 Å². The zero-order valence-corrected chi connectivity index (χ0v) is 11.2. The van der Waals surface area contributed by atoms with Crippen molar-refractivity contribution in [2.45, 2.75) is 39.8 Å². The van der Waals surface area contributed by atoms with Crippen LogP contribution in [-0.2, 0) is 0 Å². The van der Waals surface area contributed by atoms with Crippen LogP contribution < -0.4 is 5.32 Å². The van der Waals surface area contributed by atoms with Gasteiger partial charge < -0.3 is 10.4 Å². The molecule has 0 heterocycles. The maximum Gasteiger partial charge on any atom is 0.0558 e. The summed E-state index contributed by atoms with van der Waals surface area (Å²) in [4.78, 5) is 2.28. The number of nitrogens with zero attached hydrogens (tertiary/aromatic N) is 1. The quantitative estimate of drug-likeness (QED) is 0.587. The van der Waals surface area contributed by atoms with Crippen LogP contribution in [0.4, 0.5) is 0 Å². The smallest absolute Gasteiger partial charge is 0.0558 e. The summed E-state index contributed by atoms with van der Waals surface area (Å²) < 4.78 is 0. The average Bonchev–Trinajstić information content (AvgIpc) is 2.17. The summed E-state index contributed by atoms with van der Waals surface area (Å²) in [5.41, 5.74) is 0. The predicted octanol–water partition coefficient (Wildman–Crippen LogP) is 1.49. The maximum atomic E-state index is 9.08. The first kappa shape index (κ1) is 15.6. The van der Waals surface area contributed by atoms with E-state index in [9.17, 15) is 0 Å². The molecule has 0 fully saturated rings. The van der Waals surface area contributed by atoms with Crippen molar-refractivity contribution in [2.75, 3.05) is 26.2 Å². The van der Waals surface area contributed by atoms with Gasteiger partial charge in [-0.15, -0.1) is 6.58 Å². The number of hydrogen-bond acceptors (Lipinski definition) is 3. The van der Waals surface area contributed by atoms with Gasteiger partial charge in [0.15, 0.2) is 0 Å². The van der Waals surface area contributed by atoms with Crippen LogP contribution >= 0.6 is 0 Å². The summed E-state index contributed by atoms with van der Waals surface area (Å²) in [5, 5.41) is 12.5. The normalized spacial score (nSPS) is 13.8. The molecular formula is C13H28N2O. The molecule has 0 radical (unpaired) electrons. The van der Waals surface area contributed by atoms with Crippen LogP contribution in [0.25, 0.3) is 0 Å². The lowest BCUT2D eigenvalue weighted by molar-refractivity contribution is 0.131. The molecule has 0 aromatic rings. The van der Waals surface area contributed by atoms with Crippen molar-refractivity contribution in [1.29, 1.82) is 0 Å². The molecule has 1 unspecified atom stereocenters. The van der Waals surface area contributed by atoms with Crippen LogP contribution in [0.2, 0.25) is 0 Å². The van der Waals surface area contributed by atoms with Gasteiger partial charge in [0.25, 0.3) is 0 Å². The number of aliphatic hydroxyl groups excluding tert-OH is 1. The molecule has 0 saturated carbocycles. The average molecular weight is 228 g/mol. The van der Waals surface area contributed by atoms with Crippen molar-refractivity contribution < 1.29 is 5.11 Å². The summed E-state index contributed by atoms with van der Waals surface area (Å²) in [5.74, 6) is 0.567. The molecule has 0 aromatic heterocycles. The molecule has 0 saturated heterocycles. The third kappa shape index (κ3) is 6.26. The molecule has 0 amide bonds. The van der Waals surface area contributed by atoms with Gasteiger partial charge >= 0.3 is 0 Å². The Morgan fingerprint density at radius 1 is 1.31 bits per heavy atom. The lowest BCUT2D eigenvalue weighted by Gasteiger charge is -2.34. The van der Waals surface area contributed by atoms with Crippen LogP contribution in [-0.4, -0.2) is 48.3 Å². The first-order chi connectivity index (χ1) is 7.52. The number of nitrogens with one attached hydrogen (secondary N) is 1. The van der Waals surface area contributed by atoms with E-state index in [-0.39, 0.29) is 6.61 Å². The summed E-state index contributed by atoms with van der Waals surface area (Å²) in [6.07, 6.45) is 1.90. The van der Waals surface area contributed by atoms with Gasteiger partial charge in [0, 0.05) is 31.7 Å². The lowest BCUT2D eigenvalue weighted by atomic mass is 10.0. The molecule has 0 aliphatic rings. The van der Waals surface area contributed by atoms with Gasteiger partial charge in [0.1, 0.15) is 0 Å². The highest BCUT2D eigenvalue weighted by Gasteiger charge is 2.20. The zero-order chi connectivity index (χ0) is 12.6. The molecule has 3 heteroatoms. The predicted molar refractivity (Wildman–Crippen MR) is 70.6 cm³/mol. The second-order valence-corrected chi connectivity index (χ2v) is 4.88. The second kappa shape index (κ2) is 8.74. The Hall–Kier alpha value is -0.380. The van der Waals surface area contributed by atoms with Crippen molar-refractivity contribution in [3.8, 4) is 0 Å². The first-order valence-corrected chi connectivity index (χ1v) is 6.22. The standard InChI is InChI=1S/C13H28N2O/c1-6-7-15(8-9-16)13(11(2)3)10-14-12(4)5/h6,11-14,16H,1,7-10H2,2-5H3. The van der Waals surface area contributed by atoms with Crippen LogP contribution in [0.3, 0.4) is 0 Å². The van der Waals surface area contributed by atoms with E-state index in [1.165, 1.54) is 0 Å². The highest BCUT2D eigenvalue weighted by atomic mass is 16.3. The van der Waals surface area contributed by atoms with E-state index in [0.717, 1.165) is 13.1 Å². The highest BCUT2D eigenvalue weighted by Crippen LogP contribution is 2.10. The number of rotatable bonds is 9. The third-order valence-electron chi connectivity index (χ3n) is 2.72. The molecule has 0 aliphatic heterocycles. The fourth-order valence-electron chi connectivity index (χ4n) is 1.83. The largest absolute Gasteiger partial charge is 0.395 e. The summed E-state index contributed by atoms with van der Waals surface area (Å²) >= 11 is 0. The molecule has 16 heavy (non-hydrogen) atoms. The first-order valence-electron chi connectivity index (χ1n) is 6.22. The Balaban J connectivity index is 4.37. The van der Waals surface area contributed by atoms with Gasteiger partial charge in [-0.05, 0) is 5.92 Å². The van der Waals surface area contributed by atoms with Crippen LogP contribution in [0.1, 0.15) is 27.7 Å². The monoisotopic (exact) mass is 228 g/mol. The van der Waals surface area contributed by atoms with Gasteiger partial charge in [-0.1, -0.05) is 33.8 Å². The minimum Gasteiger partial charge on any atom is -0.395 e. The number of hydrogen-bond donors (Lipinski definition) is 2. The van der Waals surface area contributed by atoms with E-state index in [4.69, 9.17) is 5.11 Å². The van der Waals surface area contributed by atoms with Crippen molar-refractivity contribution in [3.05, 3.63) is 12.7 Å². The Kier molecular flexibility index (Phi) is 8.53. The van der Waals surface area contributed by atoms with Crippen molar-refractivity contribution in [1.82, 2.24) is 10.2 Å². The molecular weight excluding hydrogens is 200 g/mol. The molecule has 0 aliphatic carbocycles. The summed E-state index contributed by atoms with van der Waals surface area (Å²) in [6, 6.07) is 0.952. The van der Waals surface area contributed by atoms with Crippen LogP contribution in [0.5, 0.6) is 0 Å². The van der Waals surface area contributed by atoms with Gasteiger partial charge in [-0.25, -0.2) is 0 Å². The van der Waals surface area contributed by atoms with Gasteiger partial charge in [-0.2, -0.15) is 0 Å². The molecule has 96 valence electrons. The van der Waals surface area contributed by atoms with Gasteiger partial charge in [0.05, 0.1) is 6.61 Å². The van der Waals surface area contributed by atoms with Gasteiger partial charge in [-0.3, -0.25) is 4.90 Å². The molecule has 0 spiro atoms. The zero-order valence-electron chi connectivity index (χ0n) is 11.2. The van der Waals surface area contributed by atoms with Crippen molar-refractivity contribution >= 4 is 0 Å². The lowest BCUT2D eigenvalue weighted by Crippen LogP contribution is -2.48. The maximum absolute atomic E-state index is 9.08. The Bertz CT molecular complexity index is 181. The van der Waals surface area contributed by atoms with E-state index in [1.807, 2.05) is 6.08 Å². The van der Waals surface area contributed by atoms with E-state index < -0.39 is 0 Å². The fourth-order valence-corrected chi connectivity index (χ4v) is 1.83. The van der Waals surface area contributed by atoms with E-state index in [0.29, 0.717) is 24.5 Å². The second-order valence-electron chi connectivity index (χ2n) is 4.88. The Morgan fingerprint density at radius 3 is 2.31 bits per heavy atom. The summed E-state index contributed by atoms with van der Waals surface area (Å²) in [7, 11) is 0. The van der Waals surface area contributed by atoms with Crippen LogP contribution in [0, 0.1) is 5.92 Å². The molecule has 2 N–H and O–H groups in total. The Morgan fingerprint density at radius 2 is 1.94 bits per heavy atom. The SMILES string of the molecule is C=CCN(CCO)C(CNC(C)C)C(C)C.